The highest BCUT2D eigenvalue weighted by molar-refractivity contribution is 5.92. The highest BCUT2D eigenvalue weighted by Crippen LogP contribution is 2.17. The number of aromatic nitrogens is 2. The van der Waals surface area contributed by atoms with Crippen molar-refractivity contribution in [2.24, 2.45) is 0 Å². The minimum absolute atomic E-state index is 0.170. The molecule has 0 aliphatic heterocycles. The van der Waals surface area contributed by atoms with Crippen molar-refractivity contribution >= 4 is 17.5 Å². The van der Waals surface area contributed by atoms with Gasteiger partial charge in [0.25, 0.3) is 5.91 Å². The standard InChI is InChI=1S/C15H15FN4O/c1-3-8-17-14(21)13-9-10(2)18-15(20-13)19-12-7-5-4-6-11(12)16/h3-7,9H,1,8H2,2H3,(H,17,21)(H,18,19,20). The lowest BCUT2D eigenvalue weighted by atomic mass is 10.3. The maximum absolute atomic E-state index is 13.6. The molecule has 0 unspecified atom stereocenters. The summed E-state index contributed by atoms with van der Waals surface area (Å²) < 4.78 is 13.6. The van der Waals surface area contributed by atoms with E-state index >= 15 is 0 Å². The third-order valence-electron chi connectivity index (χ3n) is 2.61. The van der Waals surface area contributed by atoms with Crippen LogP contribution in [-0.4, -0.2) is 22.4 Å². The Morgan fingerprint density at radius 1 is 1.38 bits per heavy atom. The van der Waals surface area contributed by atoms with E-state index < -0.39 is 5.82 Å². The third-order valence-corrected chi connectivity index (χ3v) is 2.61. The van der Waals surface area contributed by atoms with Gasteiger partial charge in [0, 0.05) is 12.2 Å². The van der Waals surface area contributed by atoms with Gasteiger partial charge in [-0.15, -0.1) is 6.58 Å². The second-order valence-electron chi connectivity index (χ2n) is 4.32. The van der Waals surface area contributed by atoms with Crippen LogP contribution in [0.3, 0.4) is 0 Å². The average molecular weight is 286 g/mol. The number of benzene rings is 1. The molecular weight excluding hydrogens is 271 g/mol. The Kier molecular flexibility index (Phi) is 4.61. The Labute approximate surface area is 121 Å². The first-order valence-electron chi connectivity index (χ1n) is 6.36. The van der Waals surface area contributed by atoms with Gasteiger partial charge < -0.3 is 10.6 Å². The molecule has 1 amide bonds. The Morgan fingerprint density at radius 2 is 2.14 bits per heavy atom. The molecule has 2 N–H and O–H groups in total. The van der Waals surface area contributed by atoms with Crippen molar-refractivity contribution in [1.29, 1.82) is 0 Å². The number of rotatable bonds is 5. The van der Waals surface area contributed by atoms with Crippen molar-refractivity contribution in [3.05, 3.63) is 60.2 Å². The van der Waals surface area contributed by atoms with Crippen LogP contribution in [0.5, 0.6) is 0 Å². The Morgan fingerprint density at radius 3 is 2.86 bits per heavy atom. The Bertz CT molecular complexity index is 672. The topological polar surface area (TPSA) is 66.9 Å². The monoisotopic (exact) mass is 286 g/mol. The number of carbonyl (C=O) groups is 1. The molecular formula is C15H15FN4O. The fraction of sp³-hybridized carbons (Fsp3) is 0.133. The molecule has 2 aromatic rings. The molecule has 0 radical (unpaired) electrons. The molecule has 1 aromatic heterocycles. The van der Waals surface area contributed by atoms with E-state index in [2.05, 4.69) is 27.2 Å². The number of para-hydroxylation sites is 1. The van der Waals surface area contributed by atoms with Crippen molar-refractivity contribution < 1.29 is 9.18 Å². The van der Waals surface area contributed by atoms with Crippen LogP contribution < -0.4 is 10.6 Å². The van der Waals surface area contributed by atoms with Gasteiger partial charge in [-0.2, -0.15) is 0 Å². The van der Waals surface area contributed by atoms with Crippen molar-refractivity contribution in [2.45, 2.75) is 6.92 Å². The lowest BCUT2D eigenvalue weighted by Gasteiger charge is -2.08. The molecule has 0 atom stereocenters. The number of nitrogens with one attached hydrogen (secondary N) is 2. The van der Waals surface area contributed by atoms with Gasteiger partial charge in [-0.25, -0.2) is 14.4 Å². The third kappa shape index (κ3) is 3.85. The van der Waals surface area contributed by atoms with Crippen molar-refractivity contribution in [3.8, 4) is 0 Å². The fourth-order valence-electron chi connectivity index (χ4n) is 1.68. The molecule has 108 valence electrons. The summed E-state index contributed by atoms with van der Waals surface area (Å²) in [6.45, 7) is 5.61. The van der Waals surface area contributed by atoms with E-state index in [-0.39, 0.29) is 23.2 Å². The number of nitrogens with zero attached hydrogens (tertiary/aromatic N) is 2. The average Bonchev–Trinajstić information content (AvgIpc) is 2.46. The van der Waals surface area contributed by atoms with Gasteiger partial charge >= 0.3 is 0 Å². The predicted molar refractivity (Wildman–Crippen MR) is 79.0 cm³/mol. The molecule has 1 heterocycles. The molecule has 0 spiro atoms. The molecule has 0 aliphatic rings. The van der Waals surface area contributed by atoms with Crippen molar-refractivity contribution in [3.63, 3.8) is 0 Å². The highest BCUT2D eigenvalue weighted by atomic mass is 19.1. The van der Waals surface area contributed by atoms with Gasteiger partial charge in [0.2, 0.25) is 5.95 Å². The van der Waals surface area contributed by atoms with Gasteiger partial charge in [-0.1, -0.05) is 18.2 Å². The second kappa shape index (κ2) is 6.60. The smallest absolute Gasteiger partial charge is 0.270 e. The van der Waals surface area contributed by atoms with E-state index in [4.69, 9.17) is 0 Å². The number of hydrogen-bond acceptors (Lipinski definition) is 4. The Balaban J connectivity index is 2.25. The van der Waals surface area contributed by atoms with E-state index in [0.717, 1.165) is 0 Å². The predicted octanol–water partition coefficient (Wildman–Crippen LogP) is 2.58. The quantitative estimate of drug-likeness (QED) is 0.829. The zero-order valence-electron chi connectivity index (χ0n) is 11.6. The molecule has 21 heavy (non-hydrogen) atoms. The van der Waals surface area contributed by atoms with Gasteiger partial charge in [0.15, 0.2) is 0 Å². The normalized spacial score (nSPS) is 10.0. The molecule has 0 aliphatic carbocycles. The molecule has 6 heteroatoms. The largest absolute Gasteiger partial charge is 0.347 e. The first kappa shape index (κ1) is 14.6. The number of carbonyl (C=O) groups excluding carboxylic acids is 1. The van der Waals surface area contributed by atoms with Crippen LogP contribution in [0.25, 0.3) is 0 Å². The van der Waals surface area contributed by atoms with Crippen LogP contribution >= 0.6 is 0 Å². The van der Waals surface area contributed by atoms with Gasteiger partial charge in [0.05, 0.1) is 5.69 Å². The van der Waals surface area contributed by atoms with Gasteiger partial charge in [0.1, 0.15) is 11.5 Å². The van der Waals surface area contributed by atoms with E-state index in [1.807, 2.05) is 0 Å². The van der Waals surface area contributed by atoms with Gasteiger partial charge in [-0.3, -0.25) is 4.79 Å². The van der Waals surface area contributed by atoms with Crippen LogP contribution in [0.15, 0.2) is 43.0 Å². The summed E-state index contributed by atoms with van der Waals surface area (Å²) in [4.78, 5) is 20.1. The van der Waals surface area contributed by atoms with E-state index in [9.17, 15) is 9.18 Å². The first-order valence-corrected chi connectivity index (χ1v) is 6.36. The second-order valence-corrected chi connectivity index (χ2v) is 4.32. The SMILES string of the molecule is C=CCNC(=O)c1cc(C)nc(Nc2ccccc2F)n1. The minimum atomic E-state index is -0.416. The van der Waals surface area contributed by atoms with Crippen LogP contribution in [0.4, 0.5) is 16.0 Å². The summed E-state index contributed by atoms with van der Waals surface area (Å²) in [5.41, 5.74) is 1.07. The lowest BCUT2D eigenvalue weighted by Crippen LogP contribution is -2.24. The molecule has 5 nitrogen and oxygen atoms in total. The van der Waals surface area contributed by atoms with Crippen LogP contribution in [0, 0.1) is 12.7 Å². The van der Waals surface area contributed by atoms with Crippen LogP contribution in [0.2, 0.25) is 0 Å². The van der Waals surface area contributed by atoms with Crippen molar-refractivity contribution in [2.75, 3.05) is 11.9 Å². The summed E-state index contributed by atoms with van der Waals surface area (Å²) in [6, 6.07) is 7.74. The van der Waals surface area contributed by atoms with E-state index in [1.165, 1.54) is 6.07 Å². The van der Waals surface area contributed by atoms with Crippen LogP contribution in [-0.2, 0) is 0 Å². The molecule has 0 bridgehead atoms. The summed E-state index contributed by atoms with van der Waals surface area (Å²) >= 11 is 0. The van der Waals surface area contributed by atoms with E-state index in [0.29, 0.717) is 12.2 Å². The van der Waals surface area contributed by atoms with Gasteiger partial charge in [-0.05, 0) is 25.1 Å². The van der Waals surface area contributed by atoms with Crippen molar-refractivity contribution in [1.82, 2.24) is 15.3 Å². The number of amides is 1. The fourth-order valence-corrected chi connectivity index (χ4v) is 1.68. The molecule has 0 fully saturated rings. The van der Waals surface area contributed by atoms with E-state index in [1.54, 1.807) is 37.3 Å². The number of halogens is 1. The lowest BCUT2D eigenvalue weighted by molar-refractivity contribution is 0.0953. The molecule has 0 saturated heterocycles. The first-order chi connectivity index (χ1) is 10.1. The summed E-state index contributed by atoms with van der Waals surface area (Å²) in [5.74, 6) is -0.582. The highest BCUT2D eigenvalue weighted by Gasteiger charge is 2.11. The summed E-state index contributed by atoms with van der Waals surface area (Å²) in [6.07, 6.45) is 1.57. The molecule has 2 rings (SSSR count). The summed E-state index contributed by atoms with van der Waals surface area (Å²) in [7, 11) is 0. The zero-order chi connectivity index (χ0) is 15.2. The maximum atomic E-state index is 13.6. The number of anilines is 2. The Hall–Kier alpha value is -2.76. The molecule has 1 aromatic carbocycles. The zero-order valence-corrected chi connectivity index (χ0v) is 11.6. The van der Waals surface area contributed by atoms with Crippen LogP contribution in [0.1, 0.15) is 16.2 Å². The number of aryl methyl sites for hydroxylation is 1. The number of hydrogen-bond donors (Lipinski definition) is 2. The molecule has 0 saturated carbocycles. The maximum Gasteiger partial charge on any atom is 0.270 e. The minimum Gasteiger partial charge on any atom is -0.347 e. The summed E-state index contributed by atoms with van der Waals surface area (Å²) in [5, 5.41) is 5.40.